The Bertz CT molecular complexity index is 1340. The molecule has 238 valence electrons. The van der Waals surface area contributed by atoms with Crippen LogP contribution in [0.3, 0.4) is 0 Å². The number of ether oxygens (including phenoxy) is 6. The quantitative estimate of drug-likeness (QED) is 0.197. The minimum absolute atomic E-state index is 0.172. The smallest absolute Gasteiger partial charge is 0.338 e. The Labute approximate surface area is 256 Å². The number of carbonyl (C=O) groups excluding carboxylic acids is 4. The number of fused-ring (bicyclic) bond motifs is 2. The molecule has 44 heavy (non-hydrogen) atoms. The highest BCUT2D eigenvalue weighted by molar-refractivity contribution is 5.89. The van der Waals surface area contributed by atoms with E-state index in [-0.39, 0.29) is 5.57 Å². The van der Waals surface area contributed by atoms with E-state index in [1.165, 1.54) is 27.0 Å². The van der Waals surface area contributed by atoms with Gasteiger partial charge in [-0.25, -0.2) is 4.79 Å². The molecule has 0 aromatic heterocycles. The summed E-state index contributed by atoms with van der Waals surface area (Å²) < 4.78 is 34.7. The van der Waals surface area contributed by atoms with Crippen LogP contribution in [0.5, 0.6) is 0 Å². The summed E-state index contributed by atoms with van der Waals surface area (Å²) in [5.41, 5.74) is 0.940. The van der Waals surface area contributed by atoms with E-state index in [0.717, 1.165) is 5.57 Å². The molecule has 0 spiro atoms. The van der Waals surface area contributed by atoms with Crippen molar-refractivity contribution in [1.82, 2.24) is 0 Å². The van der Waals surface area contributed by atoms with Crippen molar-refractivity contribution < 1.29 is 52.7 Å². The summed E-state index contributed by atoms with van der Waals surface area (Å²) in [5.74, 6) is -3.94. The molecule has 11 nitrogen and oxygen atoms in total. The minimum atomic E-state index is -1.45. The zero-order valence-electron chi connectivity index (χ0n) is 25.8. The number of aliphatic hydroxyl groups excluding tert-OH is 1. The molecular formula is C33H40O11. The van der Waals surface area contributed by atoms with Crippen LogP contribution in [0.25, 0.3) is 0 Å². The summed E-state index contributed by atoms with van der Waals surface area (Å²) in [6.45, 7) is 13.4. The van der Waals surface area contributed by atoms with Crippen molar-refractivity contribution in [2.45, 2.75) is 96.8 Å². The Balaban J connectivity index is 1.78. The average molecular weight is 613 g/mol. The molecule has 1 saturated carbocycles. The van der Waals surface area contributed by atoms with Crippen molar-refractivity contribution in [3.63, 3.8) is 0 Å². The lowest BCUT2D eigenvalue weighted by molar-refractivity contribution is -0.184. The van der Waals surface area contributed by atoms with E-state index in [0.29, 0.717) is 24.0 Å². The first kappa shape index (κ1) is 32.9. The van der Waals surface area contributed by atoms with Gasteiger partial charge in [-0.05, 0) is 57.4 Å². The number of aliphatic hydroxyl groups is 1. The highest BCUT2D eigenvalue weighted by Gasteiger charge is 2.62. The van der Waals surface area contributed by atoms with Crippen LogP contribution in [0.4, 0.5) is 0 Å². The van der Waals surface area contributed by atoms with Crippen LogP contribution in [0.2, 0.25) is 0 Å². The highest BCUT2D eigenvalue weighted by Crippen LogP contribution is 2.52. The normalized spacial score (nSPS) is 30.5. The van der Waals surface area contributed by atoms with Crippen molar-refractivity contribution in [3.05, 3.63) is 71.5 Å². The van der Waals surface area contributed by atoms with Gasteiger partial charge in [-0.3, -0.25) is 14.4 Å². The number of hydrogen-bond donors (Lipinski definition) is 1. The summed E-state index contributed by atoms with van der Waals surface area (Å²) in [6.07, 6.45) is -2.71. The second-order valence-electron chi connectivity index (χ2n) is 11.9. The Kier molecular flexibility index (Phi) is 10.00. The molecule has 2 fully saturated rings. The van der Waals surface area contributed by atoms with Crippen molar-refractivity contribution >= 4 is 23.9 Å². The highest BCUT2D eigenvalue weighted by atomic mass is 16.7. The maximum Gasteiger partial charge on any atom is 0.338 e. The second kappa shape index (κ2) is 13.4. The number of allylic oxidation sites excluding steroid dienone is 1. The van der Waals surface area contributed by atoms with Crippen molar-refractivity contribution in [3.8, 4) is 0 Å². The SMILES string of the molecule is C=C1[C@@H]2[C@H](OC(C)=O)OC=C([C@H](OC(C)=O)[C@@H](C=C(C)C)OC(C)=O)[C@H]2CCC2(C)O[C@@H]2[C@@H](OC(=O)c2ccccc2)[C@H]1O. The number of rotatable bonds is 8. The summed E-state index contributed by atoms with van der Waals surface area (Å²) >= 11 is 0. The Morgan fingerprint density at radius 2 is 1.66 bits per heavy atom. The molecule has 0 radical (unpaired) electrons. The van der Waals surface area contributed by atoms with Crippen molar-refractivity contribution in [1.29, 1.82) is 0 Å². The van der Waals surface area contributed by atoms with E-state index in [2.05, 4.69) is 6.58 Å². The third kappa shape index (κ3) is 7.39. The van der Waals surface area contributed by atoms with Crippen molar-refractivity contribution in [2.24, 2.45) is 11.8 Å². The first-order valence-electron chi connectivity index (χ1n) is 14.5. The molecule has 1 aromatic carbocycles. The molecule has 1 saturated heterocycles. The van der Waals surface area contributed by atoms with Crippen LogP contribution in [0, 0.1) is 11.8 Å². The number of benzene rings is 1. The Morgan fingerprint density at radius 3 is 2.25 bits per heavy atom. The first-order chi connectivity index (χ1) is 20.7. The fourth-order valence-corrected chi connectivity index (χ4v) is 6.02. The van der Waals surface area contributed by atoms with Gasteiger partial charge < -0.3 is 33.5 Å². The van der Waals surface area contributed by atoms with Crippen LogP contribution >= 0.6 is 0 Å². The molecule has 2 aliphatic heterocycles. The van der Waals surface area contributed by atoms with Gasteiger partial charge in [0.15, 0.2) is 18.3 Å². The maximum atomic E-state index is 13.1. The van der Waals surface area contributed by atoms with Gasteiger partial charge in [0.25, 0.3) is 0 Å². The third-order valence-corrected chi connectivity index (χ3v) is 8.06. The van der Waals surface area contributed by atoms with Gasteiger partial charge in [-0.15, -0.1) is 0 Å². The number of hydrogen-bond acceptors (Lipinski definition) is 11. The zero-order valence-corrected chi connectivity index (χ0v) is 25.8. The van der Waals surface area contributed by atoms with Gasteiger partial charge in [-0.2, -0.15) is 0 Å². The van der Waals surface area contributed by atoms with Crippen LogP contribution in [-0.4, -0.2) is 71.4 Å². The van der Waals surface area contributed by atoms with E-state index in [1.54, 1.807) is 36.4 Å². The molecule has 0 amide bonds. The largest absolute Gasteiger partial charge is 0.462 e. The average Bonchev–Trinajstić information content (AvgIpc) is 3.61. The van der Waals surface area contributed by atoms with Gasteiger partial charge in [0, 0.05) is 32.3 Å². The second-order valence-corrected chi connectivity index (χ2v) is 11.9. The molecule has 9 atom stereocenters. The molecule has 11 heteroatoms. The summed E-state index contributed by atoms with van der Waals surface area (Å²) in [6, 6.07) is 8.38. The number of esters is 4. The molecular weight excluding hydrogens is 572 g/mol. The summed E-state index contributed by atoms with van der Waals surface area (Å²) in [4.78, 5) is 49.7. The van der Waals surface area contributed by atoms with Gasteiger partial charge in [0.1, 0.15) is 12.2 Å². The van der Waals surface area contributed by atoms with Gasteiger partial charge in [-0.1, -0.05) is 30.4 Å². The van der Waals surface area contributed by atoms with Gasteiger partial charge in [0.2, 0.25) is 6.29 Å². The third-order valence-electron chi connectivity index (χ3n) is 8.06. The molecule has 1 unspecified atom stereocenters. The fourth-order valence-electron chi connectivity index (χ4n) is 6.02. The maximum absolute atomic E-state index is 13.1. The molecule has 1 N–H and O–H groups in total. The Hall–Kier alpha value is -3.96. The summed E-state index contributed by atoms with van der Waals surface area (Å²) in [7, 11) is 0. The molecule has 4 rings (SSSR count). The predicted octanol–water partition coefficient (Wildman–Crippen LogP) is 3.95. The molecule has 0 bridgehead atoms. The lowest BCUT2D eigenvalue weighted by Gasteiger charge is -2.42. The van der Waals surface area contributed by atoms with E-state index in [9.17, 15) is 24.3 Å². The molecule has 2 heterocycles. The van der Waals surface area contributed by atoms with E-state index < -0.39 is 78.1 Å². The lowest BCUT2D eigenvalue weighted by Crippen LogP contribution is -2.47. The van der Waals surface area contributed by atoms with Crippen LogP contribution in [0.1, 0.15) is 64.7 Å². The van der Waals surface area contributed by atoms with Crippen LogP contribution in [-0.2, 0) is 42.8 Å². The van der Waals surface area contributed by atoms with Crippen LogP contribution < -0.4 is 0 Å². The van der Waals surface area contributed by atoms with Gasteiger partial charge in [0.05, 0.1) is 23.3 Å². The molecule has 1 aromatic rings. The topological polar surface area (TPSA) is 147 Å². The fraction of sp³-hybridized carbons (Fsp3) is 0.515. The van der Waals surface area contributed by atoms with E-state index in [1.807, 2.05) is 20.8 Å². The number of carbonyl (C=O) groups is 4. The molecule has 3 aliphatic rings. The van der Waals surface area contributed by atoms with Crippen LogP contribution in [0.15, 0.2) is 66.0 Å². The predicted molar refractivity (Wildman–Crippen MR) is 156 cm³/mol. The van der Waals surface area contributed by atoms with Gasteiger partial charge >= 0.3 is 23.9 Å². The zero-order chi connectivity index (χ0) is 32.3. The number of epoxide rings is 1. The first-order valence-corrected chi connectivity index (χ1v) is 14.5. The standard InChI is InChI=1S/C33H40O11/c1-17(2)15-25(40-19(4)34)28(41-20(5)35)24-16-39-32(42-21(6)36)26-18(3)27(37)29(30-33(7,44-30)14-13-23(24)26)43-31(38)22-11-9-8-10-12-22/h8-12,15-16,23,25-30,32,37H,3,13-14H2,1-2,4-7H3/t23-,25-,26+,27+,28+,29+,30-,32+,33?/m1/s1. The van der Waals surface area contributed by atoms with E-state index in [4.69, 9.17) is 28.4 Å². The molecule has 1 aliphatic carbocycles. The summed E-state index contributed by atoms with van der Waals surface area (Å²) in [5, 5.41) is 11.7. The Morgan fingerprint density at radius 1 is 1.00 bits per heavy atom. The van der Waals surface area contributed by atoms with Crippen molar-refractivity contribution in [2.75, 3.05) is 0 Å². The lowest BCUT2D eigenvalue weighted by atomic mass is 9.73. The van der Waals surface area contributed by atoms with E-state index >= 15 is 0 Å². The minimum Gasteiger partial charge on any atom is -0.462 e. The monoisotopic (exact) mass is 612 g/mol.